The lowest BCUT2D eigenvalue weighted by molar-refractivity contribution is 0.254. The number of nitrogens with one attached hydrogen (secondary N) is 2. The number of benzene rings is 2. The molecule has 2 aromatic carbocycles. The lowest BCUT2D eigenvalue weighted by Gasteiger charge is -2.11. The van der Waals surface area contributed by atoms with Crippen LogP contribution in [0.3, 0.4) is 0 Å². The van der Waals surface area contributed by atoms with Crippen LogP contribution in [0.25, 0.3) is 0 Å². The summed E-state index contributed by atoms with van der Waals surface area (Å²) in [7, 11) is -6.67. The van der Waals surface area contributed by atoms with E-state index < -0.39 is 18.1 Å². The second-order valence-corrected chi connectivity index (χ2v) is 12.0. The average Bonchev–Trinajstić information content (AvgIpc) is 2.80. The molecule has 1 saturated heterocycles. The molecule has 33 heavy (non-hydrogen) atoms. The first-order valence-electron chi connectivity index (χ1n) is 10.4. The van der Waals surface area contributed by atoms with Crippen LogP contribution in [0.1, 0.15) is 39.5 Å². The summed E-state index contributed by atoms with van der Waals surface area (Å²) < 4.78 is 44.8. The van der Waals surface area contributed by atoms with Crippen LogP contribution in [-0.4, -0.2) is 36.8 Å². The van der Waals surface area contributed by atoms with Crippen LogP contribution in [0, 0.1) is 0 Å². The van der Waals surface area contributed by atoms with Crippen molar-refractivity contribution in [3.8, 4) is 0 Å². The van der Waals surface area contributed by atoms with Crippen LogP contribution in [0.4, 0.5) is 17.1 Å². The zero-order valence-corrected chi connectivity index (χ0v) is 21.9. The lowest BCUT2D eigenvalue weighted by atomic mass is 10.2. The molecule has 0 unspecified atom stereocenters. The molecule has 0 bridgehead atoms. The Morgan fingerprint density at radius 3 is 1.76 bits per heavy atom. The summed E-state index contributed by atoms with van der Waals surface area (Å²) in [6.45, 7) is 5.19. The van der Waals surface area contributed by atoms with Gasteiger partial charge in [-0.15, -0.1) is 0 Å². The Balaban J connectivity index is 0.000000292. The van der Waals surface area contributed by atoms with Crippen molar-refractivity contribution in [1.29, 1.82) is 0 Å². The van der Waals surface area contributed by atoms with E-state index in [1.165, 1.54) is 0 Å². The molecule has 1 aliphatic rings. The van der Waals surface area contributed by atoms with E-state index in [4.69, 9.17) is 21.7 Å². The molecule has 0 radical (unpaired) electrons. The van der Waals surface area contributed by atoms with Crippen LogP contribution in [0.2, 0.25) is 0 Å². The van der Waals surface area contributed by atoms with Gasteiger partial charge in [0.1, 0.15) is 0 Å². The van der Waals surface area contributed by atoms with Crippen molar-refractivity contribution in [3.63, 3.8) is 0 Å². The van der Waals surface area contributed by atoms with E-state index >= 15 is 0 Å². The first-order valence-corrected chi connectivity index (χ1v) is 15.1. The second kappa shape index (κ2) is 15.5. The molecule has 0 spiro atoms. The zero-order valence-electron chi connectivity index (χ0n) is 18.7. The van der Waals surface area contributed by atoms with Gasteiger partial charge in [0.05, 0.1) is 13.2 Å². The maximum Gasteiger partial charge on any atom is 0.269 e. The van der Waals surface area contributed by atoms with Gasteiger partial charge in [0.25, 0.3) is 18.1 Å². The summed E-state index contributed by atoms with van der Waals surface area (Å²) in [5, 5.41) is 6.72. The number of rotatable bonds is 4. The van der Waals surface area contributed by atoms with Crippen molar-refractivity contribution in [2.75, 3.05) is 23.8 Å². The molecule has 4 N–H and O–H groups in total. The van der Waals surface area contributed by atoms with E-state index in [0.717, 1.165) is 42.7 Å². The van der Waals surface area contributed by atoms with Crippen molar-refractivity contribution in [2.24, 2.45) is 0 Å². The maximum atomic E-state index is 11.1. The Bertz CT molecular complexity index is 975. The van der Waals surface area contributed by atoms with Gasteiger partial charge in [-0.2, -0.15) is 8.42 Å². The topological polar surface area (TPSA) is 117 Å². The minimum absolute atomic E-state index is 0.461. The third-order valence-corrected chi connectivity index (χ3v) is 5.38. The number of hydrogen-bond acceptors (Lipinski definition) is 8. The van der Waals surface area contributed by atoms with Gasteiger partial charge in [-0.05, 0) is 63.1 Å². The molecule has 0 saturated carbocycles. The largest absolute Gasteiger partial charge is 0.383 e. The van der Waals surface area contributed by atoms with Crippen molar-refractivity contribution in [1.82, 2.24) is 0 Å². The summed E-state index contributed by atoms with van der Waals surface area (Å²) in [6.07, 6.45) is 4.07. The Morgan fingerprint density at radius 2 is 1.30 bits per heavy atom. The van der Waals surface area contributed by atoms with Crippen LogP contribution in [0.5, 0.6) is 0 Å². The smallest absolute Gasteiger partial charge is 0.269 e. The molecule has 0 amide bonds. The van der Waals surface area contributed by atoms with E-state index in [9.17, 15) is 4.21 Å². The van der Waals surface area contributed by atoms with E-state index in [2.05, 4.69) is 83.3 Å². The van der Waals surface area contributed by atoms with E-state index in [0.29, 0.717) is 19.3 Å². The van der Waals surface area contributed by atoms with Gasteiger partial charge in [-0.1, -0.05) is 31.0 Å². The highest BCUT2D eigenvalue weighted by atomic mass is 32.9. The van der Waals surface area contributed by atoms with E-state index in [-0.39, 0.29) is 0 Å². The molecule has 12 heteroatoms. The molecule has 1 fully saturated rings. The molecule has 3 rings (SSSR count). The van der Waals surface area contributed by atoms with Gasteiger partial charge in [0.2, 0.25) is 0 Å². The molecule has 8 nitrogen and oxygen atoms in total. The Kier molecular flexibility index (Phi) is 13.9. The second-order valence-electron chi connectivity index (χ2n) is 7.28. The molecule has 2 aromatic rings. The van der Waals surface area contributed by atoms with Crippen molar-refractivity contribution >= 4 is 57.5 Å². The van der Waals surface area contributed by atoms with Crippen LogP contribution in [-0.2, 0) is 48.8 Å². The highest BCUT2D eigenvalue weighted by Gasteiger charge is 2.08. The van der Waals surface area contributed by atoms with Gasteiger partial charge in [-0.3, -0.25) is 17.5 Å². The third-order valence-electron chi connectivity index (χ3n) is 3.90. The van der Waals surface area contributed by atoms with Gasteiger partial charge in [-0.25, -0.2) is 0 Å². The maximum absolute atomic E-state index is 11.1. The van der Waals surface area contributed by atoms with Gasteiger partial charge in [0.15, 0.2) is 0 Å². The van der Waals surface area contributed by atoms with Crippen LogP contribution in [0.15, 0.2) is 54.6 Å². The lowest BCUT2D eigenvalue weighted by Crippen LogP contribution is -2.09. The molecule has 186 valence electrons. The Morgan fingerprint density at radius 1 is 0.879 bits per heavy atom. The minimum atomic E-state index is -3.83. The summed E-state index contributed by atoms with van der Waals surface area (Å²) >= 11 is 8.05. The van der Waals surface area contributed by atoms with Crippen LogP contribution >= 0.6 is 0 Å². The first kappa shape index (κ1) is 29.7. The fourth-order valence-corrected chi connectivity index (χ4v) is 3.71. The van der Waals surface area contributed by atoms with E-state index in [1.54, 1.807) is 0 Å². The molecule has 0 aliphatic carbocycles. The molecule has 0 aromatic heterocycles. The standard InChI is InChI=1S/C15H18N2.C6H12O3S2.H2O3S2/c1-12(2)16-14-8-10-15(11-9-14)17-13-6-4-3-5-7-13;7-11(10)8-5-3-1-2-4-6-9-11;1-5(2,3)4/h3-12,16-17H,1-2H3;1-6H2;(H2,1,2,3,4). The van der Waals surface area contributed by atoms with Crippen molar-refractivity contribution in [2.45, 2.75) is 45.6 Å². The van der Waals surface area contributed by atoms with Gasteiger partial charge < -0.3 is 10.6 Å². The van der Waals surface area contributed by atoms with Crippen LogP contribution < -0.4 is 10.6 Å². The predicted octanol–water partition coefficient (Wildman–Crippen LogP) is 5.10. The Hall–Kier alpha value is -1.38. The molecule has 0 atom stereocenters. The monoisotopic (exact) mass is 536 g/mol. The number of hydrogen-bond donors (Lipinski definition) is 4. The Labute approximate surface area is 206 Å². The summed E-state index contributed by atoms with van der Waals surface area (Å²) in [5.74, 6) is 0. The normalized spacial score (nSPS) is 15.9. The SMILES string of the molecule is CC(C)Nc1ccc(Nc2ccccc2)cc1.O=S(O)(O)=S.O=S1(=S)OCCCCCCO1. The first-order chi connectivity index (χ1) is 15.4. The quantitative estimate of drug-likeness (QED) is 0.420. The van der Waals surface area contributed by atoms with Crippen molar-refractivity contribution < 1.29 is 25.9 Å². The predicted molar refractivity (Wildman–Crippen MR) is 142 cm³/mol. The number of para-hydroxylation sites is 1. The summed E-state index contributed by atoms with van der Waals surface area (Å²) in [6, 6.07) is 19.0. The summed E-state index contributed by atoms with van der Waals surface area (Å²) in [5.41, 5.74) is 3.36. The zero-order chi connectivity index (χ0) is 24.7. The minimum Gasteiger partial charge on any atom is -0.383 e. The number of anilines is 3. The van der Waals surface area contributed by atoms with Crippen molar-refractivity contribution in [3.05, 3.63) is 54.6 Å². The fourth-order valence-electron chi connectivity index (χ4n) is 2.58. The molecule has 1 aliphatic heterocycles. The summed E-state index contributed by atoms with van der Waals surface area (Å²) in [4.78, 5) is 0. The average molecular weight is 537 g/mol. The fraction of sp³-hybridized carbons (Fsp3) is 0.429. The highest BCUT2D eigenvalue weighted by molar-refractivity contribution is 8.27. The molecular weight excluding hydrogens is 505 g/mol. The third kappa shape index (κ3) is 17.7. The van der Waals surface area contributed by atoms with Gasteiger partial charge >= 0.3 is 0 Å². The van der Waals surface area contributed by atoms with Gasteiger partial charge in [0, 0.05) is 45.5 Å². The highest BCUT2D eigenvalue weighted by Crippen LogP contribution is 2.18. The molecular formula is C21H32N2O6S4. The van der Waals surface area contributed by atoms with E-state index in [1.807, 2.05) is 18.2 Å². The molecule has 1 heterocycles.